The number of benzene rings is 2. The van der Waals surface area contributed by atoms with Crippen LogP contribution in [0.3, 0.4) is 0 Å². The van der Waals surface area contributed by atoms with Gasteiger partial charge in [-0.3, -0.25) is 4.79 Å². The van der Waals surface area contributed by atoms with Crippen LogP contribution in [-0.2, 0) is 0 Å². The predicted octanol–water partition coefficient (Wildman–Crippen LogP) is 1.96. The number of aromatic nitrogens is 2. The highest BCUT2D eigenvalue weighted by atomic mass is 19.1. The zero-order valence-electron chi connectivity index (χ0n) is 13.5. The molecule has 0 aliphatic carbocycles. The van der Waals surface area contributed by atoms with Crippen molar-refractivity contribution in [1.82, 2.24) is 14.9 Å². The number of H-pyrrole nitrogens is 2. The Balaban J connectivity index is 1.48. The fourth-order valence-corrected chi connectivity index (χ4v) is 3.21. The van der Waals surface area contributed by atoms with Crippen molar-refractivity contribution < 1.29 is 9.18 Å². The summed E-state index contributed by atoms with van der Waals surface area (Å²) in [6.45, 7) is 2.20. The minimum atomic E-state index is -0.293. The maximum atomic E-state index is 13.9. The number of carbonyl (C=O) groups excluding carboxylic acids is 1. The van der Waals surface area contributed by atoms with Gasteiger partial charge in [0, 0.05) is 31.7 Å². The minimum absolute atomic E-state index is 0.0860. The van der Waals surface area contributed by atoms with Crippen LogP contribution in [-0.4, -0.2) is 47.0 Å². The average molecular weight is 340 g/mol. The van der Waals surface area contributed by atoms with E-state index in [-0.39, 0.29) is 17.4 Å². The third-order valence-electron chi connectivity index (χ3n) is 4.52. The summed E-state index contributed by atoms with van der Waals surface area (Å²) in [5.41, 5.74) is 2.09. The first-order valence-corrected chi connectivity index (χ1v) is 8.12. The Morgan fingerprint density at radius 3 is 2.44 bits per heavy atom. The summed E-state index contributed by atoms with van der Waals surface area (Å²) >= 11 is 0. The second-order valence-corrected chi connectivity index (χ2v) is 6.07. The molecule has 3 aromatic rings. The third kappa shape index (κ3) is 2.88. The molecule has 0 saturated carbocycles. The number of amides is 1. The second kappa shape index (κ2) is 6.08. The largest absolute Gasteiger partial charge is 0.366 e. The molecular weight excluding hydrogens is 323 g/mol. The number of halogens is 1. The highest BCUT2D eigenvalue weighted by Gasteiger charge is 2.23. The standard InChI is InChI=1S/C18H17FN4O2/c19-13-3-1-2-4-16(13)22-7-9-23(10-8-22)17(24)12-5-6-14-15(11-12)21-18(25)20-14/h1-6,11H,7-10H2,(H2,20,21,25). The van der Waals surface area contributed by atoms with Crippen LogP contribution in [0.1, 0.15) is 10.4 Å². The molecule has 1 aromatic heterocycles. The number of carbonyl (C=O) groups is 1. The van der Waals surface area contributed by atoms with Crippen LogP contribution >= 0.6 is 0 Å². The van der Waals surface area contributed by atoms with E-state index in [2.05, 4.69) is 9.97 Å². The van der Waals surface area contributed by atoms with E-state index in [1.54, 1.807) is 35.2 Å². The van der Waals surface area contributed by atoms with Crippen LogP contribution in [0.5, 0.6) is 0 Å². The molecule has 1 saturated heterocycles. The van der Waals surface area contributed by atoms with Gasteiger partial charge in [-0.1, -0.05) is 12.1 Å². The van der Waals surface area contributed by atoms with Gasteiger partial charge in [0.05, 0.1) is 16.7 Å². The van der Waals surface area contributed by atoms with Crippen molar-refractivity contribution >= 4 is 22.6 Å². The predicted molar refractivity (Wildman–Crippen MR) is 93.4 cm³/mol. The first kappa shape index (κ1) is 15.4. The van der Waals surface area contributed by atoms with E-state index < -0.39 is 0 Å². The van der Waals surface area contributed by atoms with Crippen LogP contribution in [0.25, 0.3) is 11.0 Å². The van der Waals surface area contributed by atoms with Crippen molar-refractivity contribution in [2.24, 2.45) is 0 Å². The van der Waals surface area contributed by atoms with E-state index in [9.17, 15) is 14.0 Å². The summed E-state index contributed by atoms with van der Waals surface area (Å²) in [6, 6.07) is 11.8. The number of nitrogens with zero attached hydrogens (tertiary/aromatic N) is 2. The summed E-state index contributed by atoms with van der Waals surface area (Å²) in [5, 5.41) is 0. The van der Waals surface area contributed by atoms with Crippen molar-refractivity contribution in [3.05, 3.63) is 64.3 Å². The second-order valence-electron chi connectivity index (χ2n) is 6.07. The Morgan fingerprint density at radius 2 is 1.68 bits per heavy atom. The SMILES string of the molecule is O=C(c1ccc2[nH]c(=O)[nH]c2c1)N1CCN(c2ccccc2F)CC1. The van der Waals surface area contributed by atoms with Gasteiger partial charge < -0.3 is 19.8 Å². The van der Waals surface area contributed by atoms with Crippen molar-refractivity contribution in [3.8, 4) is 0 Å². The smallest absolute Gasteiger partial charge is 0.323 e. The average Bonchev–Trinajstić information content (AvgIpc) is 3.01. The Morgan fingerprint density at radius 1 is 0.960 bits per heavy atom. The molecule has 0 unspecified atom stereocenters. The Hall–Kier alpha value is -3.09. The molecule has 0 radical (unpaired) electrons. The van der Waals surface area contributed by atoms with Crippen molar-refractivity contribution in [1.29, 1.82) is 0 Å². The van der Waals surface area contributed by atoms with E-state index >= 15 is 0 Å². The van der Waals surface area contributed by atoms with Gasteiger partial charge in [-0.05, 0) is 30.3 Å². The fourth-order valence-electron chi connectivity index (χ4n) is 3.21. The van der Waals surface area contributed by atoms with Crippen LogP contribution in [0.2, 0.25) is 0 Å². The van der Waals surface area contributed by atoms with Crippen LogP contribution in [0, 0.1) is 5.82 Å². The molecule has 1 aliphatic heterocycles. The molecule has 4 rings (SSSR count). The summed E-state index contributed by atoms with van der Waals surface area (Å²) in [4.78, 5) is 33.0. The number of rotatable bonds is 2. The zero-order valence-corrected chi connectivity index (χ0v) is 13.5. The molecule has 1 aliphatic rings. The molecule has 1 fully saturated rings. The lowest BCUT2D eigenvalue weighted by Gasteiger charge is -2.36. The summed E-state index contributed by atoms with van der Waals surface area (Å²) in [6.07, 6.45) is 0. The van der Waals surface area contributed by atoms with Crippen LogP contribution < -0.4 is 10.6 Å². The molecule has 2 heterocycles. The topological polar surface area (TPSA) is 72.2 Å². The van der Waals surface area contributed by atoms with Crippen LogP contribution in [0.4, 0.5) is 10.1 Å². The molecule has 0 bridgehead atoms. The van der Waals surface area contributed by atoms with Gasteiger partial charge in [0.25, 0.3) is 5.91 Å². The number of para-hydroxylation sites is 1. The van der Waals surface area contributed by atoms with Gasteiger partial charge in [0.15, 0.2) is 0 Å². The van der Waals surface area contributed by atoms with E-state index in [0.717, 1.165) is 0 Å². The number of hydrogen-bond donors (Lipinski definition) is 2. The van der Waals surface area contributed by atoms with E-state index in [1.807, 2.05) is 11.0 Å². The lowest BCUT2D eigenvalue weighted by molar-refractivity contribution is 0.0747. The van der Waals surface area contributed by atoms with Gasteiger partial charge >= 0.3 is 5.69 Å². The molecule has 6 nitrogen and oxygen atoms in total. The van der Waals surface area contributed by atoms with Crippen molar-refractivity contribution in [3.63, 3.8) is 0 Å². The number of anilines is 1. The maximum Gasteiger partial charge on any atom is 0.323 e. The van der Waals surface area contributed by atoms with E-state index in [4.69, 9.17) is 0 Å². The quantitative estimate of drug-likeness (QED) is 0.749. The van der Waals surface area contributed by atoms with Gasteiger partial charge in [-0.15, -0.1) is 0 Å². The zero-order chi connectivity index (χ0) is 17.4. The summed E-state index contributed by atoms with van der Waals surface area (Å²) in [7, 11) is 0. The normalized spacial score (nSPS) is 14.9. The van der Waals surface area contributed by atoms with Crippen LogP contribution in [0.15, 0.2) is 47.3 Å². The first-order chi connectivity index (χ1) is 12.1. The molecule has 2 aromatic carbocycles. The number of imidazole rings is 1. The third-order valence-corrected chi connectivity index (χ3v) is 4.52. The first-order valence-electron chi connectivity index (χ1n) is 8.12. The summed E-state index contributed by atoms with van der Waals surface area (Å²) in [5.74, 6) is -0.332. The van der Waals surface area contributed by atoms with E-state index in [0.29, 0.717) is 48.5 Å². The molecule has 128 valence electrons. The number of piperazine rings is 1. The van der Waals surface area contributed by atoms with Gasteiger partial charge in [0.1, 0.15) is 5.82 Å². The van der Waals surface area contributed by atoms with Gasteiger partial charge in [-0.25, -0.2) is 9.18 Å². The molecule has 0 atom stereocenters. The highest BCUT2D eigenvalue weighted by molar-refractivity contribution is 5.97. The minimum Gasteiger partial charge on any atom is -0.366 e. The van der Waals surface area contributed by atoms with Crippen molar-refractivity contribution in [2.75, 3.05) is 31.1 Å². The lowest BCUT2D eigenvalue weighted by atomic mass is 10.1. The molecule has 2 N–H and O–H groups in total. The highest BCUT2D eigenvalue weighted by Crippen LogP contribution is 2.21. The number of nitrogens with one attached hydrogen (secondary N) is 2. The molecule has 1 amide bonds. The van der Waals surface area contributed by atoms with Crippen molar-refractivity contribution in [2.45, 2.75) is 0 Å². The van der Waals surface area contributed by atoms with Gasteiger partial charge in [-0.2, -0.15) is 0 Å². The monoisotopic (exact) mass is 340 g/mol. The lowest BCUT2D eigenvalue weighted by Crippen LogP contribution is -2.49. The van der Waals surface area contributed by atoms with Gasteiger partial charge in [0.2, 0.25) is 0 Å². The molecule has 25 heavy (non-hydrogen) atoms. The summed E-state index contributed by atoms with van der Waals surface area (Å²) < 4.78 is 13.9. The Bertz CT molecular complexity index is 986. The number of aromatic amines is 2. The van der Waals surface area contributed by atoms with E-state index in [1.165, 1.54) is 6.07 Å². The fraction of sp³-hybridized carbons (Fsp3) is 0.222. The number of hydrogen-bond acceptors (Lipinski definition) is 3. The molecule has 0 spiro atoms. The maximum absolute atomic E-state index is 13.9. The molecular formula is C18H17FN4O2. The number of fused-ring (bicyclic) bond motifs is 1. The Kier molecular flexibility index (Phi) is 3.76. The molecule has 7 heteroatoms. The Labute approximate surface area is 142 Å².